The van der Waals surface area contributed by atoms with Crippen LogP contribution >= 0.6 is 0 Å². The molecule has 0 bridgehead atoms. The molecule has 23 heavy (non-hydrogen) atoms. The zero-order valence-electron chi connectivity index (χ0n) is 13.0. The highest BCUT2D eigenvalue weighted by Crippen LogP contribution is 2.30. The van der Waals surface area contributed by atoms with Crippen molar-refractivity contribution < 1.29 is 5.11 Å². The minimum Gasteiger partial charge on any atom is -0.508 e. The second-order valence-electron chi connectivity index (χ2n) is 6.00. The molecule has 3 aromatic carbocycles. The van der Waals surface area contributed by atoms with Crippen LogP contribution < -0.4 is 0 Å². The Balaban J connectivity index is 1.63. The van der Waals surface area contributed by atoms with Crippen molar-refractivity contribution in [1.29, 1.82) is 0 Å². The predicted molar refractivity (Wildman–Crippen MR) is 94.6 cm³/mol. The molecule has 0 fully saturated rings. The molecule has 0 saturated heterocycles. The summed E-state index contributed by atoms with van der Waals surface area (Å²) in [6, 6.07) is 22.1. The quantitative estimate of drug-likeness (QED) is 0.706. The van der Waals surface area contributed by atoms with Crippen molar-refractivity contribution in [2.24, 2.45) is 4.99 Å². The summed E-state index contributed by atoms with van der Waals surface area (Å²) in [4.78, 5) is 4.76. The van der Waals surface area contributed by atoms with Crippen LogP contribution in [0.1, 0.15) is 16.7 Å². The number of hydrogen-bond donors (Lipinski definition) is 1. The molecule has 1 N–H and O–H groups in total. The fourth-order valence-corrected chi connectivity index (χ4v) is 3.04. The molecule has 3 aromatic rings. The molecule has 2 nitrogen and oxygen atoms in total. The number of nitrogens with zero attached hydrogens (tertiary/aromatic N) is 1. The molecular weight excluding hydrogens is 282 g/mol. The highest BCUT2D eigenvalue weighted by Gasteiger charge is 2.16. The Hall–Kier alpha value is -2.87. The smallest absolute Gasteiger partial charge is 0.116 e. The number of benzene rings is 3. The number of aryl methyl sites for hydroxylation is 1. The maximum absolute atomic E-state index is 9.60. The molecule has 1 aliphatic rings. The van der Waals surface area contributed by atoms with E-state index in [-0.39, 0.29) is 5.75 Å². The maximum atomic E-state index is 9.60. The van der Waals surface area contributed by atoms with Crippen molar-refractivity contribution in [2.45, 2.75) is 13.3 Å². The van der Waals surface area contributed by atoms with E-state index in [1.54, 1.807) is 12.1 Å². The van der Waals surface area contributed by atoms with Gasteiger partial charge in [-0.25, -0.2) is 0 Å². The highest BCUT2D eigenvalue weighted by atomic mass is 16.3. The molecular formula is C21H17NO. The van der Waals surface area contributed by atoms with Gasteiger partial charge in [-0.05, 0) is 47.4 Å². The van der Waals surface area contributed by atoms with Crippen LogP contribution in [0.2, 0.25) is 0 Å². The van der Waals surface area contributed by atoms with Gasteiger partial charge in [0.1, 0.15) is 5.75 Å². The number of fused-ring (bicyclic) bond motifs is 1. The van der Waals surface area contributed by atoms with Crippen LogP contribution in [-0.2, 0) is 6.42 Å². The summed E-state index contributed by atoms with van der Waals surface area (Å²) in [6.07, 6.45) is 0.891. The Morgan fingerprint density at radius 2 is 1.61 bits per heavy atom. The fourth-order valence-electron chi connectivity index (χ4n) is 3.04. The Kier molecular flexibility index (Phi) is 3.23. The van der Waals surface area contributed by atoms with Crippen molar-refractivity contribution in [2.75, 3.05) is 0 Å². The summed E-state index contributed by atoms with van der Waals surface area (Å²) in [5, 5.41) is 9.60. The van der Waals surface area contributed by atoms with Crippen molar-refractivity contribution >= 4 is 11.4 Å². The van der Waals surface area contributed by atoms with Gasteiger partial charge >= 0.3 is 0 Å². The lowest BCUT2D eigenvalue weighted by Crippen LogP contribution is -2.00. The van der Waals surface area contributed by atoms with Crippen LogP contribution in [0.5, 0.6) is 5.75 Å². The van der Waals surface area contributed by atoms with E-state index in [2.05, 4.69) is 49.4 Å². The van der Waals surface area contributed by atoms with Crippen molar-refractivity contribution in [1.82, 2.24) is 0 Å². The molecule has 0 aromatic heterocycles. The Bertz CT molecular complexity index is 907. The SMILES string of the molecule is Cc1ccc2c(c1)CC(c1ccc(-c3cccc(O)c3)cc1)=N2. The zero-order chi connectivity index (χ0) is 15.8. The zero-order valence-corrected chi connectivity index (χ0v) is 13.0. The van der Waals surface area contributed by atoms with Crippen LogP contribution in [0.4, 0.5) is 5.69 Å². The van der Waals surface area contributed by atoms with Crippen molar-refractivity contribution in [3.63, 3.8) is 0 Å². The molecule has 0 spiro atoms. The summed E-state index contributed by atoms with van der Waals surface area (Å²) < 4.78 is 0. The first kappa shape index (κ1) is 13.8. The lowest BCUT2D eigenvalue weighted by molar-refractivity contribution is 0.475. The van der Waals surface area contributed by atoms with E-state index in [1.807, 2.05) is 12.1 Å². The van der Waals surface area contributed by atoms with Gasteiger partial charge in [0.25, 0.3) is 0 Å². The number of aromatic hydroxyl groups is 1. The maximum Gasteiger partial charge on any atom is 0.116 e. The minimum atomic E-state index is 0.289. The summed E-state index contributed by atoms with van der Waals surface area (Å²) in [5.41, 5.74) is 8.05. The molecule has 1 heterocycles. The summed E-state index contributed by atoms with van der Waals surface area (Å²) in [5.74, 6) is 0.289. The van der Waals surface area contributed by atoms with Gasteiger partial charge in [-0.15, -0.1) is 0 Å². The van der Waals surface area contributed by atoms with E-state index in [4.69, 9.17) is 4.99 Å². The molecule has 0 saturated carbocycles. The molecule has 1 aliphatic heterocycles. The largest absolute Gasteiger partial charge is 0.508 e. The van der Waals surface area contributed by atoms with E-state index in [0.29, 0.717) is 0 Å². The monoisotopic (exact) mass is 299 g/mol. The number of phenols is 1. The first-order chi connectivity index (χ1) is 11.2. The predicted octanol–water partition coefficient (Wildman–Crippen LogP) is 5.04. The van der Waals surface area contributed by atoms with Gasteiger partial charge < -0.3 is 5.11 Å². The molecule has 0 amide bonds. The third-order valence-electron chi connectivity index (χ3n) is 4.25. The fraction of sp³-hybridized carbons (Fsp3) is 0.0952. The molecule has 0 unspecified atom stereocenters. The standard InChI is InChI=1S/C21H17NO/c1-14-5-10-20-18(11-14)13-21(22-20)16-8-6-15(7-9-16)17-3-2-4-19(23)12-17/h2-12,23H,13H2,1H3. The molecule has 2 heteroatoms. The molecule has 112 valence electrons. The molecule has 4 rings (SSSR count). The van der Waals surface area contributed by atoms with Crippen LogP contribution in [0.15, 0.2) is 71.7 Å². The van der Waals surface area contributed by atoms with E-state index >= 15 is 0 Å². The summed E-state index contributed by atoms with van der Waals surface area (Å²) in [7, 11) is 0. The van der Waals surface area contributed by atoms with E-state index in [1.165, 1.54) is 11.1 Å². The number of hydrogen-bond acceptors (Lipinski definition) is 2. The van der Waals surface area contributed by atoms with Crippen LogP contribution in [-0.4, -0.2) is 10.8 Å². The van der Waals surface area contributed by atoms with Gasteiger partial charge in [-0.2, -0.15) is 0 Å². The third-order valence-corrected chi connectivity index (χ3v) is 4.25. The van der Waals surface area contributed by atoms with Gasteiger partial charge in [0, 0.05) is 6.42 Å². The molecule has 0 radical (unpaired) electrons. The Morgan fingerprint density at radius 1 is 0.826 bits per heavy atom. The third kappa shape index (κ3) is 2.64. The first-order valence-electron chi connectivity index (χ1n) is 7.76. The second-order valence-corrected chi connectivity index (χ2v) is 6.00. The van der Waals surface area contributed by atoms with Crippen LogP contribution in [0.3, 0.4) is 0 Å². The topological polar surface area (TPSA) is 32.6 Å². The van der Waals surface area contributed by atoms with E-state index < -0.39 is 0 Å². The summed E-state index contributed by atoms with van der Waals surface area (Å²) in [6.45, 7) is 2.11. The van der Waals surface area contributed by atoms with Crippen LogP contribution in [0, 0.1) is 6.92 Å². The average Bonchev–Trinajstić information content (AvgIpc) is 2.98. The van der Waals surface area contributed by atoms with Gasteiger partial charge in [-0.1, -0.05) is 54.1 Å². The van der Waals surface area contributed by atoms with Gasteiger partial charge in [0.2, 0.25) is 0 Å². The van der Waals surface area contributed by atoms with Gasteiger partial charge in [-0.3, -0.25) is 4.99 Å². The number of phenolic OH excluding ortho intramolecular Hbond substituents is 1. The van der Waals surface area contributed by atoms with E-state index in [9.17, 15) is 5.11 Å². The lowest BCUT2D eigenvalue weighted by atomic mass is 9.99. The number of rotatable bonds is 2. The molecule has 0 aliphatic carbocycles. The first-order valence-corrected chi connectivity index (χ1v) is 7.76. The summed E-state index contributed by atoms with van der Waals surface area (Å²) >= 11 is 0. The molecule has 0 atom stereocenters. The Morgan fingerprint density at radius 3 is 2.39 bits per heavy atom. The van der Waals surface area contributed by atoms with Crippen LogP contribution in [0.25, 0.3) is 11.1 Å². The van der Waals surface area contributed by atoms with Crippen molar-refractivity contribution in [3.05, 3.63) is 83.4 Å². The second kappa shape index (κ2) is 5.40. The Labute approximate surface area is 135 Å². The van der Waals surface area contributed by atoms with Crippen molar-refractivity contribution in [3.8, 4) is 16.9 Å². The average molecular weight is 299 g/mol. The minimum absolute atomic E-state index is 0.289. The van der Waals surface area contributed by atoms with Gasteiger partial charge in [0.05, 0.1) is 11.4 Å². The lowest BCUT2D eigenvalue weighted by Gasteiger charge is -2.05. The normalized spacial score (nSPS) is 12.8. The van der Waals surface area contributed by atoms with Gasteiger partial charge in [0.15, 0.2) is 0 Å². The van der Waals surface area contributed by atoms with E-state index in [0.717, 1.165) is 34.5 Å². The number of aliphatic imine (C=N–C) groups is 1. The highest BCUT2D eigenvalue weighted by molar-refractivity contribution is 6.06.